The van der Waals surface area contributed by atoms with Crippen LogP contribution in [0.25, 0.3) is 0 Å². The molecule has 3 aromatic rings. The summed E-state index contributed by atoms with van der Waals surface area (Å²) in [5.41, 5.74) is 3.23. The van der Waals surface area contributed by atoms with Gasteiger partial charge in [-0.3, -0.25) is 14.5 Å². The number of hydrogen-bond donors (Lipinski definition) is 0. The number of thiophene rings is 1. The molecular formula is C29H31N3O4S. The van der Waals surface area contributed by atoms with Gasteiger partial charge in [0.05, 0.1) is 6.04 Å². The van der Waals surface area contributed by atoms with E-state index in [1.165, 1.54) is 16.0 Å². The lowest BCUT2D eigenvalue weighted by atomic mass is 9.93. The van der Waals surface area contributed by atoms with Gasteiger partial charge in [0.25, 0.3) is 5.91 Å². The van der Waals surface area contributed by atoms with E-state index in [1.54, 1.807) is 18.2 Å². The second-order valence-corrected chi connectivity index (χ2v) is 10.9. The third-order valence-corrected chi connectivity index (χ3v) is 8.65. The maximum absolute atomic E-state index is 13.3. The molecule has 0 unspecified atom stereocenters. The standard InChI is InChI=1S/C29H31N3O4S/c1-20-18-31(14-15-32(20)29(34)22-7-8-24-25(17-22)36-19-35-24)27(33)10-13-30-12-9-26-23(11-16-37-26)28(30)21-5-3-2-4-6-21/h2-8,11,16-17,20,28H,9-10,12-15,18-19H2,1H3/t20-,28-/m0/s1. The molecule has 2 amide bonds. The molecule has 1 aromatic heterocycles. The molecule has 3 aliphatic heterocycles. The van der Waals surface area contributed by atoms with Crippen LogP contribution < -0.4 is 9.47 Å². The smallest absolute Gasteiger partial charge is 0.254 e. The number of ether oxygens (including phenoxy) is 2. The van der Waals surface area contributed by atoms with Crippen molar-refractivity contribution in [2.24, 2.45) is 0 Å². The molecule has 4 heterocycles. The summed E-state index contributed by atoms with van der Waals surface area (Å²) in [6.45, 7) is 5.49. The summed E-state index contributed by atoms with van der Waals surface area (Å²) in [6, 6.07) is 18.3. The summed E-state index contributed by atoms with van der Waals surface area (Å²) in [6.07, 6.45) is 1.51. The van der Waals surface area contributed by atoms with Crippen LogP contribution in [0, 0.1) is 0 Å². The fraction of sp³-hybridized carbons (Fsp3) is 0.379. The lowest BCUT2D eigenvalue weighted by Crippen LogP contribution is -2.55. The van der Waals surface area contributed by atoms with Crippen molar-refractivity contribution in [2.75, 3.05) is 39.5 Å². The highest BCUT2D eigenvalue weighted by Gasteiger charge is 2.33. The average Bonchev–Trinajstić information content (AvgIpc) is 3.60. The summed E-state index contributed by atoms with van der Waals surface area (Å²) in [4.78, 5) is 34.1. The van der Waals surface area contributed by atoms with Crippen molar-refractivity contribution in [3.05, 3.63) is 81.5 Å². The second-order valence-electron chi connectivity index (χ2n) is 9.90. The quantitative estimate of drug-likeness (QED) is 0.508. The lowest BCUT2D eigenvalue weighted by molar-refractivity contribution is -0.134. The first-order chi connectivity index (χ1) is 18.1. The highest BCUT2D eigenvalue weighted by molar-refractivity contribution is 7.10. The van der Waals surface area contributed by atoms with Crippen molar-refractivity contribution in [2.45, 2.75) is 31.8 Å². The van der Waals surface area contributed by atoms with Gasteiger partial charge in [-0.05, 0) is 54.1 Å². The molecule has 1 saturated heterocycles. The molecule has 0 spiro atoms. The van der Waals surface area contributed by atoms with E-state index >= 15 is 0 Å². The van der Waals surface area contributed by atoms with E-state index in [4.69, 9.17) is 9.47 Å². The van der Waals surface area contributed by atoms with Crippen molar-refractivity contribution in [1.82, 2.24) is 14.7 Å². The summed E-state index contributed by atoms with van der Waals surface area (Å²) >= 11 is 1.83. The first-order valence-corrected chi connectivity index (χ1v) is 13.8. The first-order valence-electron chi connectivity index (χ1n) is 12.9. The highest BCUT2D eigenvalue weighted by Crippen LogP contribution is 2.38. The van der Waals surface area contributed by atoms with Gasteiger partial charge in [0.15, 0.2) is 11.5 Å². The van der Waals surface area contributed by atoms with Crippen LogP contribution in [0.1, 0.15) is 45.7 Å². The minimum atomic E-state index is -0.0592. The van der Waals surface area contributed by atoms with E-state index in [0.29, 0.717) is 43.1 Å². The molecule has 2 aromatic carbocycles. The largest absolute Gasteiger partial charge is 0.454 e. The van der Waals surface area contributed by atoms with Crippen LogP contribution in [-0.4, -0.2) is 72.1 Å². The van der Waals surface area contributed by atoms with Crippen molar-refractivity contribution >= 4 is 23.2 Å². The van der Waals surface area contributed by atoms with Crippen LogP contribution in [0.2, 0.25) is 0 Å². The van der Waals surface area contributed by atoms with Crippen LogP contribution in [0.4, 0.5) is 0 Å². The first kappa shape index (κ1) is 24.0. The monoisotopic (exact) mass is 517 g/mol. The fourth-order valence-corrected chi connectivity index (χ4v) is 6.62. The van der Waals surface area contributed by atoms with Crippen molar-refractivity contribution in [3.8, 4) is 11.5 Å². The number of carbonyl (C=O) groups excluding carboxylic acids is 2. The van der Waals surface area contributed by atoms with E-state index < -0.39 is 0 Å². The van der Waals surface area contributed by atoms with Gasteiger partial charge in [-0.2, -0.15) is 0 Å². The Balaban J connectivity index is 1.08. The summed E-state index contributed by atoms with van der Waals surface area (Å²) in [5.74, 6) is 1.39. The lowest BCUT2D eigenvalue weighted by Gasteiger charge is -2.41. The number of carbonyl (C=O) groups is 2. The van der Waals surface area contributed by atoms with Gasteiger partial charge in [-0.15, -0.1) is 11.3 Å². The Morgan fingerprint density at radius 1 is 1.00 bits per heavy atom. The Morgan fingerprint density at radius 3 is 2.68 bits per heavy atom. The van der Waals surface area contributed by atoms with Crippen LogP contribution in [-0.2, 0) is 11.2 Å². The second kappa shape index (κ2) is 10.2. The number of benzene rings is 2. The number of nitrogens with zero attached hydrogens (tertiary/aromatic N) is 3. The minimum absolute atomic E-state index is 0.0384. The van der Waals surface area contributed by atoms with Gasteiger partial charge in [-0.25, -0.2) is 0 Å². The van der Waals surface area contributed by atoms with Crippen LogP contribution in [0.5, 0.6) is 11.5 Å². The zero-order valence-corrected chi connectivity index (χ0v) is 21.8. The van der Waals surface area contributed by atoms with Crippen LogP contribution >= 0.6 is 11.3 Å². The Kier molecular flexibility index (Phi) is 6.61. The Hall–Kier alpha value is -3.36. The molecule has 6 rings (SSSR count). The van der Waals surface area contributed by atoms with Crippen molar-refractivity contribution in [3.63, 3.8) is 0 Å². The van der Waals surface area contributed by atoms with E-state index in [-0.39, 0.29) is 30.7 Å². The molecule has 0 radical (unpaired) electrons. The van der Waals surface area contributed by atoms with E-state index in [0.717, 1.165) is 19.5 Å². The summed E-state index contributed by atoms with van der Waals surface area (Å²) in [5, 5.41) is 2.18. The molecule has 8 heteroatoms. The maximum Gasteiger partial charge on any atom is 0.254 e. The van der Waals surface area contributed by atoms with Gasteiger partial charge in [0.2, 0.25) is 12.7 Å². The number of rotatable bonds is 5. The Morgan fingerprint density at radius 2 is 1.84 bits per heavy atom. The Labute approximate surface area is 221 Å². The SMILES string of the molecule is C[C@H]1CN(C(=O)CCN2CCc3sccc3[C@@H]2c2ccccc2)CCN1C(=O)c1ccc2c(c1)OCO2. The number of amides is 2. The average molecular weight is 518 g/mol. The van der Waals surface area contributed by atoms with Gasteiger partial charge in [-0.1, -0.05) is 30.3 Å². The highest BCUT2D eigenvalue weighted by atomic mass is 32.1. The minimum Gasteiger partial charge on any atom is -0.454 e. The molecular weight excluding hydrogens is 486 g/mol. The molecule has 0 saturated carbocycles. The molecule has 0 bridgehead atoms. The fourth-order valence-electron chi connectivity index (χ4n) is 5.71. The predicted octanol–water partition coefficient (Wildman–Crippen LogP) is 4.19. The van der Waals surface area contributed by atoms with E-state index in [1.807, 2.05) is 34.1 Å². The van der Waals surface area contributed by atoms with E-state index in [9.17, 15) is 9.59 Å². The number of fused-ring (bicyclic) bond motifs is 2. The molecule has 0 N–H and O–H groups in total. The number of piperazine rings is 1. The molecule has 192 valence electrons. The Bertz CT molecular complexity index is 1290. The summed E-state index contributed by atoms with van der Waals surface area (Å²) in [7, 11) is 0. The third-order valence-electron chi connectivity index (χ3n) is 7.65. The van der Waals surface area contributed by atoms with Gasteiger partial charge < -0.3 is 19.3 Å². The molecule has 37 heavy (non-hydrogen) atoms. The molecule has 1 fully saturated rings. The normalized spacial score (nSPS) is 21.1. The summed E-state index contributed by atoms with van der Waals surface area (Å²) < 4.78 is 10.8. The third kappa shape index (κ3) is 4.71. The maximum atomic E-state index is 13.3. The van der Waals surface area contributed by atoms with Crippen molar-refractivity contribution < 1.29 is 19.1 Å². The topological polar surface area (TPSA) is 62.3 Å². The van der Waals surface area contributed by atoms with Crippen molar-refractivity contribution in [1.29, 1.82) is 0 Å². The van der Waals surface area contributed by atoms with Crippen LogP contribution in [0.3, 0.4) is 0 Å². The van der Waals surface area contributed by atoms with Gasteiger partial charge >= 0.3 is 0 Å². The van der Waals surface area contributed by atoms with Gasteiger partial charge in [0.1, 0.15) is 0 Å². The van der Waals surface area contributed by atoms with E-state index in [2.05, 4.69) is 40.6 Å². The molecule has 0 aliphatic carbocycles. The molecule has 3 aliphatic rings. The van der Waals surface area contributed by atoms with Gasteiger partial charge in [0, 0.05) is 55.6 Å². The molecule has 2 atom stereocenters. The molecule has 7 nitrogen and oxygen atoms in total. The number of hydrogen-bond acceptors (Lipinski definition) is 6. The predicted molar refractivity (Wildman–Crippen MR) is 142 cm³/mol. The zero-order chi connectivity index (χ0) is 25.4. The van der Waals surface area contributed by atoms with Crippen LogP contribution in [0.15, 0.2) is 60.0 Å². The zero-order valence-electron chi connectivity index (χ0n) is 21.0.